The first kappa shape index (κ1) is 27.7. The van der Waals surface area contributed by atoms with Gasteiger partial charge in [0.05, 0.1) is 10.6 Å². The summed E-state index contributed by atoms with van der Waals surface area (Å²) in [5.41, 5.74) is 1.40. The third-order valence-electron chi connectivity index (χ3n) is 5.84. The minimum Gasteiger partial charge on any atom is -0.357 e. The van der Waals surface area contributed by atoms with Crippen LogP contribution in [-0.2, 0) is 26.0 Å². The molecule has 0 aliphatic heterocycles. The molecule has 3 rings (SSSR count). The summed E-state index contributed by atoms with van der Waals surface area (Å²) >= 11 is 2.14. The van der Waals surface area contributed by atoms with E-state index in [4.69, 9.17) is 0 Å². The number of sulfonamides is 1. The van der Waals surface area contributed by atoms with Crippen molar-refractivity contribution in [2.45, 2.75) is 30.7 Å². The molecule has 0 aromatic heterocycles. The van der Waals surface area contributed by atoms with E-state index in [-0.39, 0.29) is 17.3 Å². The number of benzene rings is 3. The molecule has 0 aliphatic rings. The standard InChI is InChI=1S/C27H30IN3O4S/c1-3-25(27(33)29-2)30(19-18-21-10-6-4-7-11-21)26(32)20-31(23-16-14-22(28)15-17-23)36(34,35)24-12-8-5-9-13-24/h4-17,25H,3,18-20H2,1-2H3,(H,29,33)/t25-/m0/s1. The van der Waals surface area contributed by atoms with Gasteiger partial charge in [-0.3, -0.25) is 13.9 Å². The molecule has 190 valence electrons. The van der Waals surface area contributed by atoms with Gasteiger partial charge in [-0.05, 0) is 77.4 Å². The fourth-order valence-corrected chi connectivity index (χ4v) is 5.71. The number of rotatable bonds is 11. The normalized spacial score (nSPS) is 12.0. The van der Waals surface area contributed by atoms with Gasteiger partial charge in [0.25, 0.3) is 10.0 Å². The van der Waals surface area contributed by atoms with Gasteiger partial charge in [-0.25, -0.2) is 8.42 Å². The fraction of sp³-hybridized carbons (Fsp3) is 0.259. The Morgan fingerprint density at radius 1 is 0.917 bits per heavy atom. The molecule has 1 N–H and O–H groups in total. The molecule has 0 bridgehead atoms. The first-order valence-electron chi connectivity index (χ1n) is 11.7. The lowest BCUT2D eigenvalue weighted by Gasteiger charge is -2.33. The Kier molecular flexibility index (Phi) is 9.89. The van der Waals surface area contributed by atoms with Crippen LogP contribution in [0.5, 0.6) is 0 Å². The lowest BCUT2D eigenvalue weighted by Crippen LogP contribution is -2.52. The largest absolute Gasteiger partial charge is 0.357 e. The number of halogens is 1. The minimum absolute atomic E-state index is 0.0885. The molecule has 36 heavy (non-hydrogen) atoms. The highest BCUT2D eigenvalue weighted by atomic mass is 127. The second kappa shape index (κ2) is 12.9. The number of amides is 2. The van der Waals surface area contributed by atoms with Gasteiger partial charge >= 0.3 is 0 Å². The monoisotopic (exact) mass is 619 g/mol. The summed E-state index contributed by atoms with van der Waals surface area (Å²) in [5.74, 6) is -0.731. The maximum Gasteiger partial charge on any atom is 0.264 e. The van der Waals surface area contributed by atoms with Gasteiger partial charge in [0, 0.05) is 17.2 Å². The van der Waals surface area contributed by atoms with E-state index in [2.05, 4.69) is 27.9 Å². The SMILES string of the molecule is CC[C@@H](C(=O)NC)N(CCc1ccccc1)C(=O)CN(c1ccc(I)cc1)S(=O)(=O)c1ccccc1. The maximum atomic E-state index is 13.8. The number of nitrogens with one attached hydrogen (secondary N) is 1. The van der Waals surface area contributed by atoms with Gasteiger partial charge in [-0.15, -0.1) is 0 Å². The predicted octanol–water partition coefficient (Wildman–Crippen LogP) is 4.08. The van der Waals surface area contributed by atoms with E-state index in [1.807, 2.05) is 37.3 Å². The first-order valence-corrected chi connectivity index (χ1v) is 14.2. The van der Waals surface area contributed by atoms with Crippen LogP contribution in [0.2, 0.25) is 0 Å². The van der Waals surface area contributed by atoms with Crippen molar-refractivity contribution in [3.63, 3.8) is 0 Å². The highest BCUT2D eigenvalue weighted by Crippen LogP contribution is 2.25. The van der Waals surface area contributed by atoms with E-state index in [0.29, 0.717) is 18.5 Å². The smallest absolute Gasteiger partial charge is 0.264 e. The quantitative estimate of drug-likeness (QED) is 0.328. The molecule has 0 heterocycles. The average Bonchev–Trinajstić information content (AvgIpc) is 2.90. The Bertz CT molecular complexity index is 1250. The van der Waals surface area contributed by atoms with Gasteiger partial charge < -0.3 is 10.2 Å². The molecule has 0 radical (unpaired) electrons. The van der Waals surface area contributed by atoms with E-state index in [0.717, 1.165) is 13.4 Å². The van der Waals surface area contributed by atoms with Crippen LogP contribution >= 0.6 is 22.6 Å². The van der Waals surface area contributed by atoms with Crippen molar-refractivity contribution in [3.05, 3.63) is 94.1 Å². The molecule has 3 aromatic carbocycles. The van der Waals surface area contributed by atoms with Crippen LogP contribution in [0, 0.1) is 3.57 Å². The topological polar surface area (TPSA) is 86.8 Å². The molecular formula is C27H30IN3O4S. The van der Waals surface area contributed by atoms with E-state index >= 15 is 0 Å². The molecule has 0 spiro atoms. The Labute approximate surface area is 226 Å². The van der Waals surface area contributed by atoms with Crippen molar-refractivity contribution in [2.24, 2.45) is 0 Å². The van der Waals surface area contributed by atoms with Crippen LogP contribution in [0.3, 0.4) is 0 Å². The predicted molar refractivity (Wildman–Crippen MR) is 150 cm³/mol. The molecule has 1 atom stereocenters. The molecule has 0 fully saturated rings. The summed E-state index contributed by atoms with van der Waals surface area (Å²) in [6, 6.07) is 23.9. The van der Waals surface area contributed by atoms with Gasteiger partial charge in [-0.1, -0.05) is 55.5 Å². The molecule has 0 aliphatic carbocycles. The lowest BCUT2D eigenvalue weighted by molar-refractivity contribution is -0.139. The van der Waals surface area contributed by atoms with Gasteiger partial charge in [0.1, 0.15) is 12.6 Å². The van der Waals surface area contributed by atoms with E-state index in [9.17, 15) is 18.0 Å². The van der Waals surface area contributed by atoms with Crippen molar-refractivity contribution in [2.75, 3.05) is 24.4 Å². The second-order valence-electron chi connectivity index (χ2n) is 8.16. The number of anilines is 1. The van der Waals surface area contributed by atoms with Crippen molar-refractivity contribution < 1.29 is 18.0 Å². The summed E-state index contributed by atoms with van der Waals surface area (Å²) in [6.45, 7) is 1.68. The lowest BCUT2D eigenvalue weighted by atomic mass is 10.1. The van der Waals surface area contributed by atoms with Crippen molar-refractivity contribution in [1.29, 1.82) is 0 Å². The van der Waals surface area contributed by atoms with Crippen LogP contribution in [0.15, 0.2) is 89.8 Å². The number of nitrogens with zero attached hydrogens (tertiary/aromatic N) is 2. The van der Waals surface area contributed by atoms with Gasteiger partial charge in [0.15, 0.2) is 0 Å². The zero-order valence-corrected chi connectivity index (χ0v) is 23.3. The van der Waals surface area contributed by atoms with E-state index in [1.165, 1.54) is 24.1 Å². The Morgan fingerprint density at radius 2 is 1.50 bits per heavy atom. The summed E-state index contributed by atoms with van der Waals surface area (Å²) in [7, 11) is -2.51. The van der Waals surface area contributed by atoms with Crippen LogP contribution in [0.1, 0.15) is 18.9 Å². The number of hydrogen-bond acceptors (Lipinski definition) is 4. The Hall–Kier alpha value is -2.92. The van der Waals surface area contributed by atoms with E-state index in [1.54, 1.807) is 42.5 Å². The number of likely N-dealkylation sites (N-methyl/N-ethyl adjacent to an activating group) is 1. The van der Waals surface area contributed by atoms with Gasteiger partial charge in [-0.2, -0.15) is 0 Å². The average molecular weight is 620 g/mol. The zero-order chi connectivity index (χ0) is 26.1. The third-order valence-corrected chi connectivity index (χ3v) is 8.35. The van der Waals surface area contributed by atoms with Crippen LogP contribution in [0.25, 0.3) is 0 Å². The van der Waals surface area contributed by atoms with Gasteiger partial charge in [0.2, 0.25) is 11.8 Å². The molecular weight excluding hydrogens is 589 g/mol. The van der Waals surface area contributed by atoms with Crippen molar-refractivity contribution in [1.82, 2.24) is 10.2 Å². The molecule has 7 nitrogen and oxygen atoms in total. The van der Waals surface area contributed by atoms with Crippen LogP contribution in [0.4, 0.5) is 5.69 Å². The van der Waals surface area contributed by atoms with Crippen LogP contribution < -0.4 is 9.62 Å². The van der Waals surface area contributed by atoms with Crippen LogP contribution in [-0.4, -0.2) is 51.3 Å². The molecule has 0 unspecified atom stereocenters. The summed E-state index contributed by atoms with van der Waals surface area (Å²) < 4.78 is 29.4. The summed E-state index contributed by atoms with van der Waals surface area (Å²) in [6.07, 6.45) is 0.935. The molecule has 3 aromatic rings. The van der Waals surface area contributed by atoms with Crippen molar-refractivity contribution >= 4 is 50.1 Å². The fourth-order valence-electron chi connectivity index (χ4n) is 3.92. The minimum atomic E-state index is -4.04. The third kappa shape index (κ3) is 6.85. The summed E-state index contributed by atoms with van der Waals surface area (Å²) in [5, 5.41) is 2.63. The highest BCUT2D eigenvalue weighted by molar-refractivity contribution is 14.1. The number of carbonyl (C=O) groups is 2. The number of hydrogen-bond donors (Lipinski definition) is 1. The molecule has 0 saturated carbocycles. The zero-order valence-electron chi connectivity index (χ0n) is 20.3. The Balaban J connectivity index is 1.98. The molecule has 0 saturated heterocycles. The summed E-state index contributed by atoms with van der Waals surface area (Å²) in [4.78, 5) is 28.0. The molecule has 9 heteroatoms. The highest BCUT2D eigenvalue weighted by Gasteiger charge is 2.33. The Morgan fingerprint density at radius 3 is 2.06 bits per heavy atom. The first-order chi connectivity index (χ1) is 17.3. The molecule has 2 amide bonds. The van der Waals surface area contributed by atoms with Crippen molar-refractivity contribution in [3.8, 4) is 0 Å². The maximum absolute atomic E-state index is 13.8. The number of carbonyl (C=O) groups excluding carboxylic acids is 2. The second-order valence-corrected chi connectivity index (χ2v) is 11.3. The van der Waals surface area contributed by atoms with E-state index < -0.39 is 28.5 Å².